The second-order valence-electron chi connectivity index (χ2n) is 12.2. The van der Waals surface area contributed by atoms with Crippen molar-refractivity contribution in [3.05, 3.63) is 92.0 Å². The van der Waals surface area contributed by atoms with Crippen LogP contribution in [0.3, 0.4) is 0 Å². The van der Waals surface area contributed by atoms with Crippen molar-refractivity contribution in [3.63, 3.8) is 0 Å². The van der Waals surface area contributed by atoms with Gasteiger partial charge in [-0.3, -0.25) is 9.59 Å². The molecule has 2 aliphatic heterocycles. The van der Waals surface area contributed by atoms with Crippen LogP contribution in [0.4, 0.5) is 20.2 Å². The largest absolute Gasteiger partial charge is 0.545 e. The van der Waals surface area contributed by atoms with E-state index in [4.69, 9.17) is 10.2 Å². The molecule has 10 N–H and O–H groups in total. The van der Waals surface area contributed by atoms with Gasteiger partial charge in [-0.1, -0.05) is 0 Å². The number of aliphatic carboxylic acids is 2. The molecule has 18 nitrogen and oxygen atoms in total. The molecule has 0 atom stereocenters. The van der Waals surface area contributed by atoms with Crippen LogP contribution in [0.5, 0.6) is 0 Å². The number of rotatable bonds is 8. The van der Waals surface area contributed by atoms with E-state index in [1.807, 2.05) is 23.6 Å². The van der Waals surface area contributed by atoms with Crippen LogP contribution in [-0.2, 0) is 22.7 Å². The molecule has 4 heterocycles. The Balaban J connectivity index is 0.000000316. The zero-order chi connectivity index (χ0) is 39.7. The Morgan fingerprint density at radius 1 is 0.661 bits per heavy atom. The van der Waals surface area contributed by atoms with Crippen molar-refractivity contribution >= 4 is 57.1 Å². The van der Waals surface area contributed by atoms with Gasteiger partial charge >= 0.3 is 11.9 Å². The summed E-state index contributed by atoms with van der Waals surface area (Å²) < 4.78 is 32.4. The minimum absolute atomic E-state index is 0. The number of carboxylic acids is 4. The highest BCUT2D eigenvalue weighted by Gasteiger charge is 2.22. The van der Waals surface area contributed by atoms with Gasteiger partial charge in [-0.25, -0.2) is 18.4 Å². The number of aromatic nitrogens is 2. The van der Waals surface area contributed by atoms with E-state index in [9.17, 15) is 47.8 Å². The van der Waals surface area contributed by atoms with Crippen LogP contribution in [0.1, 0.15) is 34.6 Å². The summed E-state index contributed by atoms with van der Waals surface area (Å²) in [5.41, 5.74) is 0.106. The summed E-state index contributed by atoms with van der Waals surface area (Å²) in [6.45, 7) is 11.3. The van der Waals surface area contributed by atoms with E-state index in [1.165, 1.54) is 24.5 Å². The third-order valence-corrected chi connectivity index (χ3v) is 8.89. The van der Waals surface area contributed by atoms with Gasteiger partial charge in [-0.15, -0.1) is 0 Å². The molecule has 0 radical (unpaired) electrons. The smallest absolute Gasteiger partial charge is 0.341 e. The van der Waals surface area contributed by atoms with Gasteiger partial charge in [0.25, 0.3) is 0 Å². The predicted molar refractivity (Wildman–Crippen MR) is 196 cm³/mol. The number of pyridine rings is 2. The van der Waals surface area contributed by atoms with Crippen molar-refractivity contribution in [3.8, 4) is 0 Å². The van der Waals surface area contributed by atoms with Crippen molar-refractivity contribution in [2.24, 2.45) is 0 Å². The molecule has 20 heteroatoms. The van der Waals surface area contributed by atoms with Crippen LogP contribution in [0.25, 0.3) is 21.8 Å². The van der Waals surface area contributed by atoms with Crippen LogP contribution in [0.15, 0.2) is 58.4 Å². The third kappa shape index (κ3) is 10.7. The van der Waals surface area contributed by atoms with Gasteiger partial charge in [0.1, 0.15) is 22.8 Å². The Labute approximate surface area is 317 Å². The normalized spacial score (nSPS) is 13.8. The monoisotopic (exact) mass is 790 g/mol. The molecule has 2 fully saturated rings. The molecule has 0 unspecified atom stereocenters. The zero-order valence-corrected chi connectivity index (χ0v) is 30.5. The van der Waals surface area contributed by atoms with Crippen molar-refractivity contribution in [1.29, 1.82) is 0 Å². The number of aryl methyl sites for hydroxylation is 2. The average molecular weight is 791 g/mol. The van der Waals surface area contributed by atoms with Crippen molar-refractivity contribution < 1.29 is 70.0 Å². The van der Waals surface area contributed by atoms with Gasteiger partial charge in [0.2, 0.25) is 10.9 Å². The van der Waals surface area contributed by atoms with E-state index in [0.717, 1.165) is 52.4 Å². The third-order valence-electron chi connectivity index (χ3n) is 8.89. The number of piperazine rings is 2. The number of anilines is 2. The molecular formula is C36H44F2N6O12. The number of fused-ring (bicyclic) bond motifs is 2. The lowest BCUT2D eigenvalue weighted by Crippen LogP contribution is -2.89. The van der Waals surface area contributed by atoms with E-state index >= 15 is 0 Å². The second-order valence-corrected chi connectivity index (χ2v) is 12.2. The molecule has 0 bridgehead atoms. The van der Waals surface area contributed by atoms with Crippen LogP contribution >= 0.6 is 0 Å². The number of nitrogens with zero attached hydrogens (tertiary/aromatic N) is 4. The molecule has 56 heavy (non-hydrogen) atoms. The topological polar surface area (TPSA) is 302 Å². The molecule has 6 rings (SSSR count). The summed E-state index contributed by atoms with van der Waals surface area (Å²) in [5, 5.41) is 41.7. The molecule has 2 aromatic heterocycles. The molecule has 4 aromatic rings. The van der Waals surface area contributed by atoms with Crippen molar-refractivity contribution in [2.75, 3.05) is 62.2 Å². The van der Waals surface area contributed by atoms with E-state index in [-0.39, 0.29) is 32.9 Å². The number of carbonyl (C=O) groups excluding carboxylic acids is 2. The Kier molecular flexibility index (Phi) is 16.8. The Hall–Kier alpha value is -6.22. The van der Waals surface area contributed by atoms with Gasteiger partial charge in [0.15, 0.2) is 0 Å². The Morgan fingerprint density at radius 3 is 1.25 bits per heavy atom. The van der Waals surface area contributed by atoms with Gasteiger partial charge in [0, 0.05) is 36.3 Å². The fourth-order valence-electron chi connectivity index (χ4n) is 6.23. The molecule has 0 spiro atoms. The first-order valence-corrected chi connectivity index (χ1v) is 17.1. The summed E-state index contributed by atoms with van der Waals surface area (Å²) in [5.74, 6) is -6.66. The number of halogens is 2. The van der Waals surface area contributed by atoms with Crippen LogP contribution < -0.4 is 41.5 Å². The lowest BCUT2D eigenvalue weighted by atomic mass is 10.1. The molecule has 2 aliphatic rings. The highest BCUT2D eigenvalue weighted by Crippen LogP contribution is 2.27. The SMILES string of the molecule is CCn1cc(C(=O)O)c(=O)c2cc(F)c(N3CC[NH2+]CC3)cc21.CCn1cc(C(=O)O)c(=O)c2cc(F)c(N3CC[NH2+]CC3)cc21.O.O.O=C([O-])/C=C/C(=O)[O-]. The van der Waals surface area contributed by atoms with Gasteiger partial charge in [0.05, 0.1) is 86.7 Å². The first-order valence-electron chi connectivity index (χ1n) is 17.1. The van der Waals surface area contributed by atoms with Crippen molar-refractivity contribution in [1.82, 2.24) is 9.13 Å². The molecule has 2 aromatic carbocycles. The summed E-state index contributed by atoms with van der Waals surface area (Å²) in [6, 6.07) is 5.66. The standard InChI is InChI=1S/2C16H18FN3O3.C4H4O4.2H2O/c2*1-2-19-9-11(16(22)23)15(21)10-7-12(17)14(8-13(10)19)20-5-3-18-4-6-20;5-3(6)1-2-4(7)8;;/h2*7-9,18H,2-6H2,1H3,(H,22,23);1-2H,(H,5,6)(H,7,8);2*1H2/b;;2-1+;;. The first-order chi connectivity index (χ1) is 25.7. The molecule has 304 valence electrons. The zero-order valence-electron chi connectivity index (χ0n) is 30.5. The molecule has 0 aliphatic carbocycles. The number of hydrogen-bond acceptors (Lipinski definition) is 10. The highest BCUT2D eigenvalue weighted by atomic mass is 19.1. The summed E-state index contributed by atoms with van der Waals surface area (Å²) in [4.78, 5) is 69.8. The van der Waals surface area contributed by atoms with E-state index < -0.39 is 46.4 Å². The fourth-order valence-corrected chi connectivity index (χ4v) is 6.23. The van der Waals surface area contributed by atoms with Crippen LogP contribution in [0.2, 0.25) is 0 Å². The number of carbonyl (C=O) groups is 4. The maximum atomic E-state index is 14.5. The van der Waals surface area contributed by atoms with Gasteiger partial charge in [-0.2, -0.15) is 0 Å². The number of benzene rings is 2. The lowest BCUT2D eigenvalue weighted by Gasteiger charge is -2.28. The maximum Gasteiger partial charge on any atom is 0.341 e. The fraction of sp³-hybridized carbons (Fsp3) is 0.333. The predicted octanol–water partition coefficient (Wildman–Crippen LogP) is -4.12. The quantitative estimate of drug-likeness (QED) is 0.124. The molecule has 0 saturated carbocycles. The number of carboxylic acid groups (broad SMARTS) is 4. The van der Waals surface area contributed by atoms with E-state index in [2.05, 4.69) is 10.6 Å². The minimum atomic E-state index is -1.55. The molecule has 2 saturated heterocycles. The van der Waals surface area contributed by atoms with Gasteiger partial charge < -0.3 is 70.5 Å². The highest BCUT2D eigenvalue weighted by molar-refractivity contribution is 5.94. The summed E-state index contributed by atoms with van der Waals surface area (Å²) in [6.07, 6.45) is 3.43. The number of quaternary nitrogens is 2. The summed E-state index contributed by atoms with van der Waals surface area (Å²) >= 11 is 0. The minimum Gasteiger partial charge on any atom is -0.545 e. The number of nitrogens with two attached hydrogens (primary N) is 2. The Morgan fingerprint density at radius 2 is 0.982 bits per heavy atom. The number of hydrogen-bond donors (Lipinski definition) is 4. The van der Waals surface area contributed by atoms with Crippen LogP contribution in [0, 0.1) is 11.6 Å². The molecular weight excluding hydrogens is 746 g/mol. The van der Waals surface area contributed by atoms with E-state index in [1.54, 1.807) is 21.3 Å². The maximum absolute atomic E-state index is 14.5. The van der Waals surface area contributed by atoms with E-state index in [0.29, 0.717) is 47.6 Å². The lowest BCUT2D eigenvalue weighted by molar-refractivity contribution is -0.655. The van der Waals surface area contributed by atoms with Gasteiger partial charge in [-0.05, 0) is 50.3 Å². The average Bonchev–Trinajstić information content (AvgIpc) is 3.15. The second kappa shape index (κ2) is 20.5. The first kappa shape index (κ1) is 45.9. The van der Waals surface area contributed by atoms with Crippen LogP contribution in [-0.4, -0.2) is 107 Å². The Bertz CT molecular complexity index is 2070. The van der Waals surface area contributed by atoms with Crippen molar-refractivity contribution in [2.45, 2.75) is 26.9 Å². The molecule has 0 amide bonds. The summed E-state index contributed by atoms with van der Waals surface area (Å²) in [7, 11) is 0. The number of aromatic carboxylic acids is 2.